The molecule has 0 spiro atoms. The van der Waals surface area contributed by atoms with Crippen LogP contribution >= 0.6 is 11.6 Å². The van der Waals surface area contributed by atoms with Crippen LogP contribution < -0.4 is 5.32 Å². The second kappa shape index (κ2) is 7.92. The Morgan fingerprint density at radius 2 is 1.86 bits per heavy atom. The highest BCUT2D eigenvalue weighted by Crippen LogP contribution is 2.13. The Kier molecular flexibility index (Phi) is 5.18. The van der Waals surface area contributed by atoms with Gasteiger partial charge in [-0.25, -0.2) is 4.68 Å². The van der Waals surface area contributed by atoms with Crippen molar-refractivity contribution < 1.29 is 4.79 Å². The highest BCUT2D eigenvalue weighted by atomic mass is 35.5. The van der Waals surface area contributed by atoms with Gasteiger partial charge in [0.05, 0.1) is 12.2 Å². The number of benzene rings is 1. The van der Waals surface area contributed by atoms with Gasteiger partial charge in [0.1, 0.15) is 6.67 Å². The molecule has 4 rings (SSSR count). The van der Waals surface area contributed by atoms with E-state index in [0.29, 0.717) is 29.7 Å². The summed E-state index contributed by atoms with van der Waals surface area (Å²) in [6.07, 6.45) is 3.56. The number of amides is 1. The van der Waals surface area contributed by atoms with Gasteiger partial charge in [0.25, 0.3) is 5.91 Å². The van der Waals surface area contributed by atoms with Crippen LogP contribution in [0.2, 0.25) is 5.02 Å². The van der Waals surface area contributed by atoms with Crippen LogP contribution in [0, 0.1) is 13.8 Å². The fraction of sp³-hybridized carbons (Fsp3) is 0.200. The summed E-state index contributed by atoms with van der Waals surface area (Å²) < 4.78 is 5.25. The SMILES string of the molecule is Cc1cc(C)n(Cn2ccc(C(=O)Nc3ccn(Cc4cccc(Cl)c4)n3)n2)n1. The van der Waals surface area contributed by atoms with E-state index >= 15 is 0 Å². The molecule has 1 N–H and O–H groups in total. The Hall–Kier alpha value is -3.39. The summed E-state index contributed by atoms with van der Waals surface area (Å²) in [5, 5.41) is 16.6. The number of aromatic nitrogens is 6. The Morgan fingerprint density at radius 3 is 2.62 bits per heavy atom. The molecule has 0 aliphatic rings. The van der Waals surface area contributed by atoms with Crippen LogP contribution in [0.3, 0.4) is 0 Å². The first-order chi connectivity index (χ1) is 14.0. The van der Waals surface area contributed by atoms with Gasteiger partial charge in [0, 0.05) is 29.2 Å². The molecule has 0 atom stereocenters. The normalized spacial score (nSPS) is 11.0. The van der Waals surface area contributed by atoms with Crippen molar-refractivity contribution in [3.8, 4) is 0 Å². The third-order valence-electron chi connectivity index (χ3n) is 4.37. The lowest BCUT2D eigenvalue weighted by Crippen LogP contribution is -2.16. The smallest absolute Gasteiger partial charge is 0.277 e. The Morgan fingerprint density at radius 1 is 1.03 bits per heavy atom. The molecule has 0 saturated carbocycles. The van der Waals surface area contributed by atoms with E-state index in [4.69, 9.17) is 11.6 Å². The van der Waals surface area contributed by atoms with Gasteiger partial charge in [-0.05, 0) is 43.7 Å². The standard InChI is InChI=1S/C20H20ClN7O/c1-14-10-15(2)28(23-14)13-27-8-6-18(24-27)20(29)22-19-7-9-26(25-19)12-16-4-3-5-17(21)11-16/h3-11H,12-13H2,1-2H3,(H,22,25,29). The van der Waals surface area contributed by atoms with Crippen LogP contribution in [0.4, 0.5) is 5.82 Å². The minimum atomic E-state index is -0.315. The summed E-state index contributed by atoms with van der Waals surface area (Å²) in [5.41, 5.74) is 3.33. The minimum Gasteiger partial charge on any atom is -0.304 e. The summed E-state index contributed by atoms with van der Waals surface area (Å²) in [5.74, 6) is 0.148. The van der Waals surface area contributed by atoms with E-state index < -0.39 is 0 Å². The van der Waals surface area contributed by atoms with E-state index in [9.17, 15) is 4.79 Å². The number of aryl methyl sites for hydroxylation is 2. The number of carbonyl (C=O) groups excluding carboxylic acids is 1. The lowest BCUT2D eigenvalue weighted by Gasteiger charge is -2.04. The maximum absolute atomic E-state index is 12.5. The van der Waals surface area contributed by atoms with Crippen LogP contribution in [0.5, 0.6) is 0 Å². The lowest BCUT2D eigenvalue weighted by molar-refractivity contribution is 0.102. The van der Waals surface area contributed by atoms with Crippen LogP contribution in [0.25, 0.3) is 0 Å². The molecular weight excluding hydrogens is 390 g/mol. The fourth-order valence-corrected chi connectivity index (χ4v) is 3.25. The zero-order chi connectivity index (χ0) is 20.4. The monoisotopic (exact) mass is 409 g/mol. The number of rotatable bonds is 6. The number of nitrogens with zero attached hydrogens (tertiary/aromatic N) is 6. The molecule has 148 valence electrons. The van der Waals surface area contributed by atoms with Gasteiger partial charge < -0.3 is 5.32 Å². The van der Waals surface area contributed by atoms with Crippen molar-refractivity contribution in [1.82, 2.24) is 29.3 Å². The van der Waals surface area contributed by atoms with E-state index in [0.717, 1.165) is 17.0 Å². The number of hydrogen-bond acceptors (Lipinski definition) is 4. The van der Waals surface area contributed by atoms with Crippen molar-refractivity contribution in [3.05, 3.63) is 82.5 Å². The second-order valence-corrected chi connectivity index (χ2v) is 7.23. The number of carbonyl (C=O) groups is 1. The second-order valence-electron chi connectivity index (χ2n) is 6.79. The number of anilines is 1. The van der Waals surface area contributed by atoms with Gasteiger partial charge in [0.15, 0.2) is 11.5 Å². The number of nitrogens with one attached hydrogen (secondary N) is 1. The van der Waals surface area contributed by atoms with E-state index in [-0.39, 0.29) is 5.91 Å². The van der Waals surface area contributed by atoms with Gasteiger partial charge in [0.2, 0.25) is 0 Å². The first kappa shape index (κ1) is 18.9. The topological polar surface area (TPSA) is 82.6 Å². The zero-order valence-corrected chi connectivity index (χ0v) is 16.8. The van der Waals surface area contributed by atoms with E-state index in [1.807, 2.05) is 48.9 Å². The molecule has 0 aliphatic heterocycles. The largest absolute Gasteiger partial charge is 0.304 e. The first-order valence-electron chi connectivity index (χ1n) is 9.10. The molecule has 3 heterocycles. The summed E-state index contributed by atoms with van der Waals surface area (Å²) >= 11 is 6.01. The third kappa shape index (κ3) is 4.55. The summed E-state index contributed by atoms with van der Waals surface area (Å²) in [6, 6.07) is 13.0. The van der Waals surface area contributed by atoms with Gasteiger partial charge in [-0.3, -0.25) is 14.2 Å². The number of halogens is 1. The maximum atomic E-state index is 12.5. The van der Waals surface area contributed by atoms with Crippen molar-refractivity contribution in [3.63, 3.8) is 0 Å². The van der Waals surface area contributed by atoms with Gasteiger partial charge in [-0.1, -0.05) is 23.7 Å². The Balaban J connectivity index is 1.39. The predicted octanol–water partition coefficient (Wildman–Crippen LogP) is 3.35. The van der Waals surface area contributed by atoms with Crippen molar-refractivity contribution >= 4 is 23.3 Å². The molecule has 0 aliphatic carbocycles. The lowest BCUT2D eigenvalue weighted by atomic mass is 10.2. The van der Waals surface area contributed by atoms with Crippen molar-refractivity contribution in [2.45, 2.75) is 27.1 Å². The molecule has 0 saturated heterocycles. The van der Waals surface area contributed by atoms with Crippen LogP contribution in [0.1, 0.15) is 27.4 Å². The molecule has 1 amide bonds. The number of hydrogen-bond donors (Lipinski definition) is 1. The Labute approximate surface area is 172 Å². The molecule has 0 fully saturated rings. The van der Waals surface area contributed by atoms with Crippen molar-refractivity contribution in [2.75, 3.05) is 5.32 Å². The molecule has 0 bridgehead atoms. The zero-order valence-electron chi connectivity index (χ0n) is 16.1. The molecule has 9 heteroatoms. The molecule has 1 aromatic carbocycles. The molecular formula is C20H20ClN7O. The molecule has 0 unspecified atom stereocenters. The predicted molar refractivity (Wildman–Crippen MR) is 110 cm³/mol. The molecule has 29 heavy (non-hydrogen) atoms. The summed E-state index contributed by atoms with van der Waals surface area (Å²) in [7, 11) is 0. The average molecular weight is 410 g/mol. The van der Waals surface area contributed by atoms with Gasteiger partial charge >= 0.3 is 0 Å². The average Bonchev–Trinajstić information content (AvgIpc) is 3.37. The highest BCUT2D eigenvalue weighted by molar-refractivity contribution is 6.30. The van der Waals surface area contributed by atoms with E-state index in [2.05, 4.69) is 20.6 Å². The van der Waals surface area contributed by atoms with Crippen LogP contribution in [-0.4, -0.2) is 35.2 Å². The van der Waals surface area contributed by atoms with Crippen LogP contribution in [0.15, 0.2) is 54.9 Å². The highest BCUT2D eigenvalue weighted by Gasteiger charge is 2.12. The fourth-order valence-electron chi connectivity index (χ4n) is 3.04. The van der Waals surface area contributed by atoms with Crippen molar-refractivity contribution in [1.29, 1.82) is 0 Å². The third-order valence-corrected chi connectivity index (χ3v) is 4.61. The van der Waals surface area contributed by atoms with E-state index in [1.165, 1.54) is 0 Å². The maximum Gasteiger partial charge on any atom is 0.277 e. The van der Waals surface area contributed by atoms with Gasteiger partial charge in [-0.15, -0.1) is 0 Å². The van der Waals surface area contributed by atoms with Gasteiger partial charge in [-0.2, -0.15) is 15.3 Å². The molecule has 8 nitrogen and oxygen atoms in total. The first-order valence-corrected chi connectivity index (χ1v) is 9.48. The quantitative estimate of drug-likeness (QED) is 0.529. The van der Waals surface area contributed by atoms with Crippen LogP contribution in [-0.2, 0) is 13.2 Å². The summed E-state index contributed by atoms with van der Waals surface area (Å²) in [6.45, 7) is 4.93. The molecule has 4 aromatic rings. The van der Waals surface area contributed by atoms with E-state index in [1.54, 1.807) is 33.9 Å². The summed E-state index contributed by atoms with van der Waals surface area (Å²) in [4.78, 5) is 12.5. The Bertz CT molecular complexity index is 1160. The van der Waals surface area contributed by atoms with Crippen molar-refractivity contribution in [2.24, 2.45) is 0 Å². The molecule has 3 aromatic heterocycles. The minimum absolute atomic E-state index is 0.315. The molecule has 0 radical (unpaired) electrons.